The summed E-state index contributed by atoms with van der Waals surface area (Å²) >= 11 is 5.83. The lowest BCUT2D eigenvalue weighted by atomic mass is 10.1. The average Bonchev–Trinajstić information content (AvgIpc) is 3.08. The maximum Gasteiger partial charge on any atom is 0.225 e. The van der Waals surface area contributed by atoms with Crippen molar-refractivity contribution in [3.63, 3.8) is 0 Å². The Bertz CT molecular complexity index is 807. The molecule has 0 bridgehead atoms. The number of nitrogens with zero attached hydrogens (tertiary/aromatic N) is 3. The molecule has 2 amide bonds. The maximum absolute atomic E-state index is 13.4. The van der Waals surface area contributed by atoms with Gasteiger partial charge in [-0.15, -0.1) is 0 Å². The number of amides is 2. The minimum Gasteiger partial charge on any atom is -0.369 e. The average molecular weight is 352 g/mol. The number of nitrogens with one attached hydrogen (secondary N) is 1. The zero-order valence-electron chi connectivity index (χ0n) is 12.6. The van der Waals surface area contributed by atoms with Gasteiger partial charge in [0.05, 0.1) is 17.1 Å². The molecule has 1 fully saturated rings. The predicted molar refractivity (Wildman–Crippen MR) is 84.1 cm³/mol. The molecular formula is C15H15ClFN5O2. The number of hydrogen-bond donors (Lipinski definition) is 2. The third-order valence-electron chi connectivity index (χ3n) is 3.71. The quantitative estimate of drug-likeness (QED) is 0.835. The maximum atomic E-state index is 13.4. The molecule has 24 heavy (non-hydrogen) atoms. The first-order valence-corrected chi connectivity index (χ1v) is 7.78. The Morgan fingerprint density at radius 1 is 1.50 bits per heavy atom. The monoisotopic (exact) mass is 351 g/mol. The van der Waals surface area contributed by atoms with Crippen LogP contribution in [0.25, 0.3) is 5.69 Å². The van der Waals surface area contributed by atoms with Crippen LogP contribution < -0.4 is 11.1 Å². The summed E-state index contributed by atoms with van der Waals surface area (Å²) in [5.74, 6) is -0.288. The third-order valence-corrected chi connectivity index (χ3v) is 4.00. The molecular weight excluding hydrogens is 337 g/mol. The van der Waals surface area contributed by atoms with Crippen LogP contribution in [0.5, 0.6) is 0 Å². The number of carbonyl (C=O) groups is 2. The normalized spacial score (nSPS) is 17.1. The summed E-state index contributed by atoms with van der Waals surface area (Å²) in [5, 5.41) is 7.08. The first-order chi connectivity index (χ1) is 11.4. The molecule has 2 aromatic rings. The zero-order chi connectivity index (χ0) is 17.3. The van der Waals surface area contributed by atoms with Crippen LogP contribution in [0.15, 0.2) is 18.2 Å². The van der Waals surface area contributed by atoms with Gasteiger partial charge in [0.25, 0.3) is 0 Å². The van der Waals surface area contributed by atoms with Gasteiger partial charge in [-0.1, -0.05) is 11.6 Å². The summed E-state index contributed by atoms with van der Waals surface area (Å²) in [6.07, 6.45) is 1.49. The Balaban J connectivity index is 1.95. The first kappa shape index (κ1) is 16.4. The van der Waals surface area contributed by atoms with E-state index in [2.05, 4.69) is 15.4 Å². The largest absolute Gasteiger partial charge is 0.369 e. The van der Waals surface area contributed by atoms with Crippen LogP contribution in [-0.2, 0) is 22.4 Å². The van der Waals surface area contributed by atoms with Crippen LogP contribution in [0.2, 0.25) is 5.02 Å². The molecule has 9 heteroatoms. The van der Waals surface area contributed by atoms with Crippen molar-refractivity contribution in [3.8, 4) is 5.69 Å². The highest BCUT2D eigenvalue weighted by atomic mass is 35.5. The number of carbonyl (C=O) groups excluding carboxylic acids is 2. The van der Waals surface area contributed by atoms with Crippen LogP contribution >= 0.6 is 11.6 Å². The molecule has 3 N–H and O–H groups in total. The van der Waals surface area contributed by atoms with E-state index in [4.69, 9.17) is 17.3 Å². The summed E-state index contributed by atoms with van der Waals surface area (Å²) < 4.78 is 14.9. The SMILES string of the molecule is NC(=O)Cc1nc(C[C@H]2CCC(=O)N2)n(-c2ccc(F)c(Cl)c2)n1. The van der Waals surface area contributed by atoms with E-state index >= 15 is 0 Å². The van der Waals surface area contributed by atoms with Crippen molar-refractivity contribution in [1.29, 1.82) is 0 Å². The number of halogens is 2. The predicted octanol–water partition coefficient (Wildman–Crippen LogP) is 0.909. The number of rotatable bonds is 5. The van der Waals surface area contributed by atoms with E-state index in [0.29, 0.717) is 30.8 Å². The summed E-state index contributed by atoms with van der Waals surface area (Å²) in [6.45, 7) is 0. The molecule has 1 atom stereocenters. The second-order valence-electron chi connectivity index (χ2n) is 5.60. The van der Waals surface area contributed by atoms with E-state index in [-0.39, 0.29) is 29.2 Å². The van der Waals surface area contributed by atoms with Gasteiger partial charge >= 0.3 is 0 Å². The third kappa shape index (κ3) is 3.53. The number of hydrogen-bond acceptors (Lipinski definition) is 4. The molecule has 0 radical (unpaired) electrons. The summed E-state index contributed by atoms with van der Waals surface area (Å²) in [6, 6.07) is 4.11. The van der Waals surface area contributed by atoms with E-state index in [1.807, 2.05) is 0 Å². The first-order valence-electron chi connectivity index (χ1n) is 7.40. The van der Waals surface area contributed by atoms with Crippen LogP contribution in [0.1, 0.15) is 24.5 Å². The van der Waals surface area contributed by atoms with E-state index < -0.39 is 11.7 Å². The van der Waals surface area contributed by atoms with Gasteiger partial charge in [0.2, 0.25) is 11.8 Å². The van der Waals surface area contributed by atoms with E-state index in [9.17, 15) is 14.0 Å². The van der Waals surface area contributed by atoms with Crippen molar-refractivity contribution in [1.82, 2.24) is 20.1 Å². The Morgan fingerprint density at radius 3 is 2.92 bits per heavy atom. The van der Waals surface area contributed by atoms with Gasteiger partial charge in [0.15, 0.2) is 5.82 Å². The van der Waals surface area contributed by atoms with Gasteiger partial charge in [-0.3, -0.25) is 9.59 Å². The van der Waals surface area contributed by atoms with Crippen molar-refractivity contribution in [3.05, 3.63) is 40.7 Å². The second-order valence-corrected chi connectivity index (χ2v) is 6.01. The second kappa shape index (κ2) is 6.56. The Labute approximate surface area is 142 Å². The van der Waals surface area contributed by atoms with Gasteiger partial charge in [0, 0.05) is 18.9 Å². The molecule has 1 aromatic carbocycles. The fourth-order valence-electron chi connectivity index (χ4n) is 2.63. The molecule has 3 rings (SSSR count). The number of benzene rings is 1. The summed E-state index contributed by atoms with van der Waals surface area (Å²) in [7, 11) is 0. The van der Waals surface area contributed by atoms with Crippen LogP contribution in [0, 0.1) is 5.82 Å². The van der Waals surface area contributed by atoms with E-state index in [0.717, 1.165) is 0 Å². The van der Waals surface area contributed by atoms with Crippen molar-refractivity contribution < 1.29 is 14.0 Å². The number of aromatic nitrogens is 3. The molecule has 0 spiro atoms. The lowest BCUT2D eigenvalue weighted by Crippen LogP contribution is -2.28. The highest BCUT2D eigenvalue weighted by Gasteiger charge is 2.24. The molecule has 1 saturated heterocycles. The van der Waals surface area contributed by atoms with Crippen molar-refractivity contribution >= 4 is 23.4 Å². The van der Waals surface area contributed by atoms with Crippen molar-refractivity contribution in [2.24, 2.45) is 5.73 Å². The minimum absolute atomic E-state index is 0.00625. The molecule has 0 unspecified atom stereocenters. The zero-order valence-corrected chi connectivity index (χ0v) is 13.4. The standard InChI is InChI=1S/C15H15ClFN5O2/c16-10-6-9(2-3-11(10)17)22-14(5-8-1-4-15(24)19-8)20-13(21-22)7-12(18)23/h2-3,6,8H,1,4-5,7H2,(H2,18,23)(H,19,24)/t8-/m1/s1. The molecule has 2 heterocycles. The molecule has 0 saturated carbocycles. The Hall–Kier alpha value is -2.48. The Morgan fingerprint density at radius 2 is 2.29 bits per heavy atom. The number of nitrogens with two attached hydrogens (primary N) is 1. The van der Waals surface area contributed by atoms with Crippen LogP contribution in [0.3, 0.4) is 0 Å². The van der Waals surface area contributed by atoms with Gasteiger partial charge in [-0.05, 0) is 24.6 Å². The van der Waals surface area contributed by atoms with Gasteiger partial charge in [-0.25, -0.2) is 14.1 Å². The van der Waals surface area contributed by atoms with Crippen molar-refractivity contribution in [2.75, 3.05) is 0 Å². The summed E-state index contributed by atoms with van der Waals surface area (Å²) in [5.41, 5.74) is 5.71. The highest BCUT2D eigenvalue weighted by molar-refractivity contribution is 6.30. The summed E-state index contributed by atoms with van der Waals surface area (Å²) in [4.78, 5) is 26.8. The smallest absolute Gasteiger partial charge is 0.225 e. The van der Waals surface area contributed by atoms with E-state index in [1.165, 1.54) is 22.9 Å². The topological polar surface area (TPSA) is 103 Å². The van der Waals surface area contributed by atoms with Crippen LogP contribution in [0.4, 0.5) is 4.39 Å². The molecule has 1 aromatic heterocycles. The van der Waals surface area contributed by atoms with Crippen LogP contribution in [-0.4, -0.2) is 32.6 Å². The fourth-order valence-corrected chi connectivity index (χ4v) is 2.80. The number of primary amides is 1. The van der Waals surface area contributed by atoms with Gasteiger partial charge < -0.3 is 11.1 Å². The fraction of sp³-hybridized carbons (Fsp3) is 0.333. The lowest BCUT2D eigenvalue weighted by Gasteiger charge is -2.11. The molecule has 1 aliphatic heterocycles. The molecule has 0 aliphatic carbocycles. The Kier molecular flexibility index (Phi) is 4.48. The van der Waals surface area contributed by atoms with Gasteiger partial charge in [-0.2, -0.15) is 5.10 Å². The molecule has 126 valence electrons. The molecule has 7 nitrogen and oxygen atoms in total. The van der Waals surface area contributed by atoms with E-state index in [1.54, 1.807) is 0 Å². The molecule has 1 aliphatic rings. The van der Waals surface area contributed by atoms with Crippen molar-refractivity contribution in [2.45, 2.75) is 31.7 Å². The lowest BCUT2D eigenvalue weighted by molar-refractivity contribution is -0.119. The van der Waals surface area contributed by atoms with Gasteiger partial charge in [0.1, 0.15) is 11.6 Å². The highest BCUT2D eigenvalue weighted by Crippen LogP contribution is 2.21. The minimum atomic E-state index is -0.551.